The minimum Gasteiger partial charge on any atom is -0.357 e. The van der Waals surface area contributed by atoms with Crippen LogP contribution in [0.3, 0.4) is 0 Å². The second kappa shape index (κ2) is 11.9. The van der Waals surface area contributed by atoms with Gasteiger partial charge in [-0.1, -0.05) is 37.6 Å². The third kappa shape index (κ3) is 7.46. The number of aliphatic imine (C=N–C) groups is 1. The lowest BCUT2D eigenvalue weighted by atomic mass is 10.1. The van der Waals surface area contributed by atoms with E-state index in [1.54, 1.807) is 0 Å². The number of guanidine groups is 1. The summed E-state index contributed by atoms with van der Waals surface area (Å²) in [7, 11) is 2.10. The quantitative estimate of drug-likeness (QED) is 0.375. The van der Waals surface area contributed by atoms with Crippen molar-refractivity contribution in [2.45, 2.75) is 39.8 Å². The fraction of sp³-hybridized carbons (Fsp3) is 0.474. The van der Waals surface area contributed by atoms with Crippen molar-refractivity contribution >= 4 is 29.9 Å². The number of aromatic nitrogens is 2. The average molecular weight is 455 g/mol. The number of halogens is 1. The lowest BCUT2D eigenvalue weighted by Gasteiger charge is -2.21. The van der Waals surface area contributed by atoms with Crippen molar-refractivity contribution in [3.63, 3.8) is 0 Å². The van der Waals surface area contributed by atoms with Gasteiger partial charge in [0.1, 0.15) is 0 Å². The third-order valence-electron chi connectivity index (χ3n) is 3.85. The number of benzene rings is 1. The molecule has 0 amide bonds. The Morgan fingerprint density at radius 3 is 2.72 bits per heavy atom. The van der Waals surface area contributed by atoms with E-state index in [9.17, 15) is 0 Å². The number of hydrogen-bond acceptors (Lipinski definition) is 2. The van der Waals surface area contributed by atoms with Gasteiger partial charge in [0.05, 0.1) is 13.1 Å². The summed E-state index contributed by atoms with van der Waals surface area (Å²) in [4.78, 5) is 6.99. The van der Waals surface area contributed by atoms with Crippen LogP contribution in [0.25, 0.3) is 0 Å². The van der Waals surface area contributed by atoms with Gasteiger partial charge in [0.25, 0.3) is 0 Å². The number of nitrogens with zero attached hydrogens (tertiary/aromatic N) is 4. The van der Waals surface area contributed by atoms with Crippen molar-refractivity contribution in [1.82, 2.24) is 20.0 Å². The normalized spacial score (nSPS) is 11.1. The van der Waals surface area contributed by atoms with E-state index < -0.39 is 0 Å². The van der Waals surface area contributed by atoms with Gasteiger partial charge in [0.15, 0.2) is 5.96 Å². The molecular weight excluding hydrogens is 425 g/mol. The molecule has 1 aromatic heterocycles. The predicted molar refractivity (Wildman–Crippen MR) is 116 cm³/mol. The van der Waals surface area contributed by atoms with Gasteiger partial charge in [-0.25, -0.2) is 4.99 Å². The van der Waals surface area contributed by atoms with Crippen LogP contribution in [0.5, 0.6) is 0 Å². The average Bonchev–Trinajstić information content (AvgIpc) is 3.09. The monoisotopic (exact) mass is 455 g/mol. The summed E-state index contributed by atoms with van der Waals surface area (Å²) in [6.45, 7) is 7.71. The molecule has 0 bridgehead atoms. The van der Waals surface area contributed by atoms with E-state index in [4.69, 9.17) is 4.99 Å². The van der Waals surface area contributed by atoms with Gasteiger partial charge in [-0.3, -0.25) is 4.68 Å². The Bertz CT molecular complexity index is 625. The molecule has 6 heteroatoms. The molecule has 0 fully saturated rings. The zero-order valence-corrected chi connectivity index (χ0v) is 17.8. The Morgan fingerprint density at radius 2 is 2.04 bits per heavy atom. The fourth-order valence-corrected chi connectivity index (χ4v) is 2.54. The summed E-state index contributed by atoms with van der Waals surface area (Å²) >= 11 is 0. The summed E-state index contributed by atoms with van der Waals surface area (Å²) in [5.41, 5.74) is 2.47. The van der Waals surface area contributed by atoms with E-state index in [0.717, 1.165) is 25.6 Å². The van der Waals surface area contributed by atoms with Crippen molar-refractivity contribution in [1.29, 1.82) is 0 Å². The van der Waals surface area contributed by atoms with Crippen LogP contribution < -0.4 is 5.32 Å². The smallest absolute Gasteiger partial charge is 0.193 e. The maximum atomic E-state index is 4.78. The van der Waals surface area contributed by atoms with Crippen molar-refractivity contribution in [2.24, 2.45) is 4.99 Å². The molecule has 0 saturated carbocycles. The molecule has 1 aromatic carbocycles. The maximum absolute atomic E-state index is 4.78. The Hall–Kier alpha value is -1.57. The second-order valence-electron chi connectivity index (χ2n) is 5.97. The first-order valence-electron chi connectivity index (χ1n) is 8.77. The summed E-state index contributed by atoms with van der Waals surface area (Å²) in [5.74, 6) is 0.975. The lowest BCUT2D eigenvalue weighted by molar-refractivity contribution is 0.465. The molecule has 0 radical (unpaired) electrons. The lowest BCUT2D eigenvalue weighted by Crippen LogP contribution is -2.39. The molecule has 2 aromatic rings. The molecule has 5 nitrogen and oxygen atoms in total. The van der Waals surface area contributed by atoms with Crippen LogP contribution in [0.2, 0.25) is 0 Å². The topological polar surface area (TPSA) is 45.5 Å². The first-order chi connectivity index (χ1) is 11.7. The van der Waals surface area contributed by atoms with Crippen LogP contribution in [0.4, 0.5) is 0 Å². The van der Waals surface area contributed by atoms with Crippen LogP contribution in [0, 0.1) is 0 Å². The highest BCUT2D eigenvalue weighted by Crippen LogP contribution is 2.08. The molecule has 2 rings (SSSR count). The largest absolute Gasteiger partial charge is 0.357 e. The molecule has 1 heterocycles. The number of unbranched alkanes of at least 4 members (excludes halogenated alkanes) is 1. The molecule has 0 saturated heterocycles. The van der Waals surface area contributed by atoms with Gasteiger partial charge in [-0.2, -0.15) is 5.10 Å². The molecule has 0 aliphatic carbocycles. The van der Waals surface area contributed by atoms with Crippen LogP contribution in [0.1, 0.15) is 37.8 Å². The number of nitrogens with one attached hydrogen (secondary N) is 1. The molecule has 25 heavy (non-hydrogen) atoms. The van der Waals surface area contributed by atoms with Crippen LogP contribution in [-0.2, 0) is 13.1 Å². The highest BCUT2D eigenvalue weighted by Gasteiger charge is 2.05. The van der Waals surface area contributed by atoms with Gasteiger partial charge in [-0.05, 0) is 30.5 Å². The highest BCUT2D eigenvalue weighted by molar-refractivity contribution is 14.0. The highest BCUT2D eigenvalue weighted by atomic mass is 127. The maximum Gasteiger partial charge on any atom is 0.193 e. The van der Waals surface area contributed by atoms with Crippen LogP contribution in [0.15, 0.2) is 47.7 Å². The first-order valence-corrected chi connectivity index (χ1v) is 8.77. The van der Waals surface area contributed by atoms with E-state index in [-0.39, 0.29) is 24.0 Å². The minimum absolute atomic E-state index is 0. The minimum atomic E-state index is 0. The molecule has 0 aliphatic heterocycles. The number of hydrogen-bond donors (Lipinski definition) is 1. The van der Waals surface area contributed by atoms with Crippen LogP contribution >= 0.6 is 24.0 Å². The van der Waals surface area contributed by atoms with Crippen molar-refractivity contribution in [2.75, 3.05) is 20.1 Å². The fourth-order valence-electron chi connectivity index (χ4n) is 2.54. The van der Waals surface area contributed by atoms with Gasteiger partial charge in [0.2, 0.25) is 0 Å². The van der Waals surface area contributed by atoms with Crippen molar-refractivity contribution < 1.29 is 0 Å². The zero-order valence-electron chi connectivity index (χ0n) is 15.5. The van der Waals surface area contributed by atoms with E-state index in [1.807, 2.05) is 23.1 Å². The second-order valence-corrected chi connectivity index (χ2v) is 5.97. The van der Waals surface area contributed by atoms with E-state index in [0.29, 0.717) is 6.54 Å². The molecule has 138 valence electrons. The van der Waals surface area contributed by atoms with Crippen molar-refractivity contribution in [3.8, 4) is 0 Å². The third-order valence-corrected chi connectivity index (χ3v) is 3.85. The van der Waals surface area contributed by atoms with Gasteiger partial charge in [0, 0.05) is 32.5 Å². The predicted octanol–water partition coefficient (Wildman–Crippen LogP) is 3.75. The Morgan fingerprint density at radius 1 is 1.24 bits per heavy atom. The Balaban J connectivity index is 0.00000312. The molecule has 0 atom stereocenters. The zero-order chi connectivity index (χ0) is 17.2. The standard InChI is InChI=1S/C19H29N5.HI/c1-4-6-12-23(3)19(20-5-2)21-15-17-9-7-10-18(14-17)16-24-13-8-11-22-24;/h7-11,13-14H,4-6,12,15-16H2,1-3H3,(H,20,21);1H. The molecule has 0 unspecified atom stereocenters. The summed E-state index contributed by atoms with van der Waals surface area (Å²) in [5, 5.41) is 7.64. The number of rotatable bonds is 8. The Kier molecular flexibility index (Phi) is 10.2. The van der Waals surface area contributed by atoms with Gasteiger partial charge in [-0.15, -0.1) is 24.0 Å². The van der Waals surface area contributed by atoms with Gasteiger partial charge < -0.3 is 10.2 Å². The van der Waals surface area contributed by atoms with Crippen molar-refractivity contribution in [3.05, 3.63) is 53.9 Å². The SMILES string of the molecule is CCCCN(C)C(=NCc1cccc(Cn2cccn2)c1)NCC.I. The van der Waals surface area contributed by atoms with E-state index in [2.05, 4.69) is 60.5 Å². The summed E-state index contributed by atoms with van der Waals surface area (Å²) in [6.07, 6.45) is 6.17. The molecule has 1 N–H and O–H groups in total. The van der Waals surface area contributed by atoms with E-state index >= 15 is 0 Å². The van der Waals surface area contributed by atoms with Gasteiger partial charge >= 0.3 is 0 Å². The van der Waals surface area contributed by atoms with Crippen LogP contribution in [-0.4, -0.2) is 40.8 Å². The van der Waals surface area contributed by atoms with E-state index in [1.165, 1.54) is 24.0 Å². The molecule has 0 spiro atoms. The summed E-state index contributed by atoms with van der Waals surface area (Å²) < 4.78 is 1.94. The molecule has 0 aliphatic rings. The summed E-state index contributed by atoms with van der Waals surface area (Å²) in [6, 6.07) is 10.5. The molecular formula is C19H30IN5. The first kappa shape index (κ1) is 21.5. The Labute approximate surface area is 168 Å².